The number of nitrogens with one attached hydrogen (secondary N) is 2. The van der Waals surface area contributed by atoms with E-state index in [-0.39, 0.29) is 11.3 Å². The van der Waals surface area contributed by atoms with Crippen LogP contribution in [0.15, 0.2) is 24.3 Å². The Bertz CT molecular complexity index is 585. The van der Waals surface area contributed by atoms with Gasteiger partial charge in [0.25, 0.3) is 0 Å². The third-order valence-corrected chi connectivity index (χ3v) is 6.01. The highest BCUT2D eigenvalue weighted by atomic mass is 16.5. The zero-order valence-electron chi connectivity index (χ0n) is 16.8. The lowest BCUT2D eigenvalue weighted by molar-refractivity contribution is -0.136. The number of carbonyl (C=O) groups is 1. The average Bonchev–Trinajstić information content (AvgIpc) is 2.96. The molecule has 2 heterocycles. The fourth-order valence-corrected chi connectivity index (χ4v) is 4.38. The van der Waals surface area contributed by atoms with Gasteiger partial charge >= 0.3 is 0 Å². The standard InChI is InChI=1S/C22H35N3O2/c1-27-18-22(9-11-23-12-10-22)21(26)24-16-19-7-6-8-20(15-19)17-25-13-4-2-3-5-14-25/h6-8,15,23H,2-5,9-14,16-18H2,1H3,(H,24,26). The van der Waals surface area contributed by atoms with Crippen molar-refractivity contribution in [3.05, 3.63) is 35.4 Å². The van der Waals surface area contributed by atoms with Crippen LogP contribution in [0.25, 0.3) is 0 Å². The number of hydrogen-bond donors (Lipinski definition) is 2. The summed E-state index contributed by atoms with van der Waals surface area (Å²) in [7, 11) is 1.68. The predicted octanol–water partition coefficient (Wildman–Crippen LogP) is 2.70. The number of benzene rings is 1. The summed E-state index contributed by atoms with van der Waals surface area (Å²) in [5.41, 5.74) is 2.14. The van der Waals surface area contributed by atoms with Crippen molar-refractivity contribution in [3.63, 3.8) is 0 Å². The van der Waals surface area contributed by atoms with Gasteiger partial charge in [-0.2, -0.15) is 0 Å². The molecule has 2 saturated heterocycles. The largest absolute Gasteiger partial charge is 0.384 e. The van der Waals surface area contributed by atoms with Crippen LogP contribution in [-0.2, 0) is 22.6 Å². The molecule has 3 rings (SSSR count). The fourth-order valence-electron chi connectivity index (χ4n) is 4.38. The lowest BCUT2D eigenvalue weighted by Gasteiger charge is -2.35. The van der Waals surface area contributed by atoms with E-state index in [1.54, 1.807) is 7.11 Å². The van der Waals surface area contributed by atoms with Gasteiger partial charge in [-0.15, -0.1) is 0 Å². The molecule has 5 nitrogen and oxygen atoms in total. The van der Waals surface area contributed by atoms with Crippen LogP contribution in [0.2, 0.25) is 0 Å². The molecule has 5 heteroatoms. The Labute approximate surface area is 163 Å². The third-order valence-electron chi connectivity index (χ3n) is 6.01. The van der Waals surface area contributed by atoms with Gasteiger partial charge < -0.3 is 15.4 Å². The van der Waals surface area contributed by atoms with Crippen molar-refractivity contribution >= 4 is 5.91 Å². The van der Waals surface area contributed by atoms with Gasteiger partial charge in [-0.05, 0) is 63.0 Å². The Morgan fingerprint density at radius 1 is 1.15 bits per heavy atom. The highest BCUT2D eigenvalue weighted by Gasteiger charge is 2.39. The molecule has 2 aliphatic heterocycles. The molecule has 2 aliphatic rings. The summed E-state index contributed by atoms with van der Waals surface area (Å²) in [4.78, 5) is 15.5. The molecule has 0 unspecified atom stereocenters. The minimum Gasteiger partial charge on any atom is -0.384 e. The van der Waals surface area contributed by atoms with Gasteiger partial charge in [-0.25, -0.2) is 0 Å². The van der Waals surface area contributed by atoms with E-state index in [9.17, 15) is 4.79 Å². The summed E-state index contributed by atoms with van der Waals surface area (Å²) in [5.74, 6) is 0.128. The molecule has 0 radical (unpaired) electrons. The van der Waals surface area contributed by atoms with E-state index in [1.807, 2.05) is 0 Å². The van der Waals surface area contributed by atoms with E-state index in [1.165, 1.54) is 49.9 Å². The second-order valence-electron chi connectivity index (χ2n) is 8.16. The predicted molar refractivity (Wildman–Crippen MR) is 108 cm³/mol. The normalized spacial score (nSPS) is 20.8. The highest BCUT2D eigenvalue weighted by molar-refractivity contribution is 5.83. The number of methoxy groups -OCH3 is 1. The van der Waals surface area contributed by atoms with Crippen molar-refractivity contribution < 1.29 is 9.53 Å². The first-order chi connectivity index (χ1) is 13.2. The van der Waals surface area contributed by atoms with Gasteiger partial charge in [0.15, 0.2) is 0 Å². The quantitative estimate of drug-likeness (QED) is 0.772. The fraction of sp³-hybridized carbons (Fsp3) is 0.682. The van der Waals surface area contributed by atoms with E-state index in [4.69, 9.17) is 4.74 Å². The number of ether oxygens (including phenoxy) is 1. The van der Waals surface area contributed by atoms with Crippen molar-refractivity contribution in [2.24, 2.45) is 5.41 Å². The van der Waals surface area contributed by atoms with Gasteiger partial charge in [0.05, 0.1) is 12.0 Å². The SMILES string of the molecule is COCC1(C(=O)NCc2cccc(CN3CCCCCC3)c2)CCNCC1. The first-order valence-corrected chi connectivity index (χ1v) is 10.5. The lowest BCUT2D eigenvalue weighted by Crippen LogP contribution is -2.49. The molecule has 0 aromatic heterocycles. The van der Waals surface area contributed by atoms with Crippen molar-refractivity contribution in [3.8, 4) is 0 Å². The summed E-state index contributed by atoms with van der Waals surface area (Å²) in [6, 6.07) is 8.67. The Morgan fingerprint density at radius 3 is 2.56 bits per heavy atom. The Kier molecular flexibility index (Phi) is 7.68. The van der Waals surface area contributed by atoms with E-state index in [0.29, 0.717) is 13.2 Å². The number of rotatable bonds is 7. The molecule has 2 fully saturated rings. The van der Waals surface area contributed by atoms with Gasteiger partial charge in [0, 0.05) is 20.2 Å². The Balaban J connectivity index is 1.56. The molecule has 2 N–H and O–H groups in total. The Morgan fingerprint density at radius 2 is 1.85 bits per heavy atom. The number of hydrogen-bond acceptors (Lipinski definition) is 4. The van der Waals surface area contributed by atoms with Gasteiger partial charge in [0.1, 0.15) is 0 Å². The number of amides is 1. The topological polar surface area (TPSA) is 53.6 Å². The summed E-state index contributed by atoms with van der Waals surface area (Å²) in [5, 5.41) is 6.51. The van der Waals surface area contributed by atoms with Crippen LogP contribution in [0.1, 0.15) is 49.7 Å². The summed E-state index contributed by atoms with van der Waals surface area (Å²) in [6.07, 6.45) is 7.02. The van der Waals surface area contributed by atoms with Crippen molar-refractivity contribution in [1.82, 2.24) is 15.5 Å². The van der Waals surface area contributed by atoms with Gasteiger partial charge in [-0.3, -0.25) is 9.69 Å². The lowest BCUT2D eigenvalue weighted by atomic mass is 9.78. The maximum atomic E-state index is 12.9. The first kappa shape index (κ1) is 20.3. The van der Waals surface area contributed by atoms with Crippen LogP contribution in [-0.4, -0.2) is 50.7 Å². The molecular weight excluding hydrogens is 338 g/mol. The van der Waals surface area contributed by atoms with Crippen LogP contribution in [0.3, 0.4) is 0 Å². The van der Waals surface area contributed by atoms with Crippen LogP contribution in [0.4, 0.5) is 0 Å². The van der Waals surface area contributed by atoms with E-state index in [0.717, 1.165) is 32.5 Å². The molecule has 0 bridgehead atoms. The molecule has 1 aromatic carbocycles. The minimum atomic E-state index is -0.385. The van der Waals surface area contributed by atoms with Crippen LogP contribution < -0.4 is 10.6 Å². The smallest absolute Gasteiger partial charge is 0.228 e. The first-order valence-electron chi connectivity index (χ1n) is 10.5. The van der Waals surface area contributed by atoms with E-state index < -0.39 is 0 Å². The number of carbonyl (C=O) groups excluding carboxylic acids is 1. The zero-order chi connectivity index (χ0) is 19.0. The molecule has 27 heavy (non-hydrogen) atoms. The molecular formula is C22H35N3O2. The second-order valence-corrected chi connectivity index (χ2v) is 8.16. The monoisotopic (exact) mass is 373 g/mol. The third kappa shape index (κ3) is 5.77. The van der Waals surface area contributed by atoms with E-state index in [2.05, 4.69) is 39.8 Å². The van der Waals surface area contributed by atoms with Crippen LogP contribution in [0.5, 0.6) is 0 Å². The molecule has 1 aromatic rings. The van der Waals surface area contributed by atoms with Crippen molar-refractivity contribution in [2.75, 3.05) is 39.9 Å². The molecule has 150 valence electrons. The number of piperidine rings is 1. The maximum Gasteiger partial charge on any atom is 0.228 e. The molecule has 0 atom stereocenters. The van der Waals surface area contributed by atoms with Crippen LogP contribution in [0, 0.1) is 5.41 Å². The molecule has 0 spiro atoms. The van der Waals surface area contributed by atoms with Crippen LogP contribution >= 0.6 is 0 Å². The number of nitrogens with zero attached hydrogens (tertiary/aromatic N) is 1. The summed E-state index contributed by atoms with van der Waals surface area (Å²) < 4.78 is 5.38. The second kappa shape index (κ2) is 10.2. The maximum absolute atomic E-state index is 12.9. The molecule has 0 aliphatic carbocycles. The highest BCUT2D eigenvalue weighted by Crippen LogP contribution is 2.29. The zero-order valence-corrected chi connectivity index (χ0v) is 16.8. The summed E-state index contributed by atoms with van der Waals surface area (Å²) >= 11 is 0. The average molecular weight is 374 g/mol. The van der Waals surface area contributed by atoms with Gasteiger partial charge in [0.2, 0.25) is 5.91 Å². The molecule has 0 saturated carbocycles. The van der Waals surface area contributed by atoms with Gasteiger partial charge in [-0.1, -0.05) is 37.1 Å². The van der Waals surface area contributed by atoms with Crippen molar-refractivity contribution in [1.29, 1.82) is 0 Å². The number of likely N-dealkylation sites (tertiary alicyclic amines) is 1. The summed E-state index contributed by atoms with van der Waals surface area (Å²) in [6.45, 7) is 6.26. The minimum absolute atomic E-state index is 0.128. The van der Waals surface area contributed by atoms with Crippen molar-refractivity contribution in [2.45, 2.75) is 51.6 Å². The van der Waals surface area contributed by atoms with E-state index >= 15 is 0 Å². The Hall–Kier alpha value is -1.43. The molecule has 1 amide bonds.